The maximum Gasteiger partial charge on any atom is 0.325 e. The Morgan fingerprint density at radius 3 is 2.89 bits per heavy atom. The zero-order valence-corrected chi connectivity index (χ0v) is 11.0. The number of anilines is 1. The number of nitrogens with two attached hydrogens (primary N) is 1. The molecular weight excluding hydrogens is 248 g/mol. The average molecular weight is 266 g/mol. The molecule has 0 saturated carbocycles. The van der Waals surface area contributed by atoms with E-state index in [1.54, 1.807) is 6.20 Å². The van der Waals surface area contributed by atoms with Crippen LogP contribution in [0.1, 0.15) is 20.3 Å². The summed E-state index contributed by atoms with van der Waals surface area (Å²) < 4.78 is 5.47. The number of rotatable bonds is 4. The van der Waals surface area contributed by atoms with Gasteiger partial charge in [0, 0.05) is 13.1 Å². The summed E-state index contributed by atoms with van der Waals surface area (Å²) in [6.07, 6.45) is 3.52. The van der Waals surface area contributed by atoms with Crippen LogP contribution in [0.2, 0.25) is 0 Å². The molecule has 1 atom stereocenters. The Labute approximate surface area is 111 Å². The molecule has 0 spiro atoms. The van der Waals surface area contributed by atoms with E-state index in [2.05, 4.69) is 9.97 Å². The van der Waals surface area contributed by atoms with Crippen molar-refractivity contribution in [1.82, 2.24) is 9.97 Å². The lowest BCUT2D eigenvalue weighted by Gasteiger charge is -2.21. The molecule has 1 aromatic heterocycles. The molecular formula is C12H18N4O3. The summed E-state index contributed by atoms with van der Waals surface area (Å²) in [5.41, 5.74) is 4.62. The predicted octanol–water partition coefficient (Wildman–Crippen LogP) is 0.256. The number of carbonyl (C=O) groups is 1. The van der Waals surface area contributed by atoms with Gasteiger partial charge in [-0.05, 0) is 20.3 Å². The van der Waals surface area contributed by atoms with Crippen LogP contribution in [0.25, 0.3) is 0 Å². The molecule has 3 N–H and O–H groups in total. The maximum absolute atomic E-state index is 11.1. The van der Waals surface area contributed by atoms with E-state index in [4.69, 9.17) is 15.6 Å². The molecule has 19 heavy (non-hydrogen) atoms. The van der Waals surface area contributed by atoms with Crippen molar-refractivity contribution in [3.63, 3.8) is 0 Å². The quantitative estimate of drug-likeness (QED) is 0.805. The van der Waals surface area contributed by atoms with Gasteiger partial charge in [-0.3, -0.25) is 9.78 Å². The smallest absolute Gasteiger partial charge is 0.325 e. The highest BCUT2D eigenvalue weighted by Gasteiger charge is 2.41. The summed E-state index contributed by atoms with van der Waals surface area (Å²) in [7, 11) is 0. The highest BCUT2D eigenvalue weighted by molar-refractivity contribution is 5.80. The van der Waals surface area contributed by atoms with Crippen LogP contribution in [0.3, 0.4) is 0 Å². The van der Waals surface area contributed by atoms with Crippen LogP contribution in [0, 0.1) is 0 Å². The van der Waals surface area contributed by atoms with E-state index >= 15 is 0 Å². The maximum atomic E-state index is 11.1. The lowest BCUT2D eigenvalue weighted by molar-refractivity contribution is -0.142. The highest BCUT2D eigenvalue weighted by Crippen LogP contribution is 2.24. The molecule has 0 radical (unpaired) electrons. The molecule has 0 aliphatic carbocycles. The van der Waals surface area contributed by atoms with E-state index in [0.29, 0.717) is 24.7 Å². The fraction of sp³-hybridized carbons (Fsp3) is 0.583. The van der Waals surface area contributed by atoms with Crippen LogP contribution < -0.4 is 15.4 Å². The minimum Gasteiger partial charge on any atom is -0.480 e. The number of nitrogens with zero attached hydrogens (tertiary/aromatic N) is 3. The Morgan fingerprint density at radius 2 is 2.32 bits per heavy atom. The van der Waals surface area contributed by atoms with Crippen molar-refractivity contribution < 1.29 is 14.6 Å². The molecule has 1 fully saturated rings. The molecule has 1 aromatic rings. The average Bonchev–Trinajstić information content (AvgIpc) is 2.73. The Hall–Kier alpha value is -1.89. The summed E-state index contributed by atoms with van der Waals surface area (Å²) >= 11 is 0. The van der Waals surface area contributed by atoms with E-state index in [1.807, 2.05) is 18.7 Å². The first-order valence-electron chi connectivity index (χ1n) is 6.17. The minimum atomic E-state index is -1.21. The number of carboxylic acid groups (broad SMARTS) is 1. The zero-order valence-electron chi connectivity index (χ0n) is 11.0. The summed E-state index contributed by atoms with van der Waals surface area (Å²) in [6.45, 7) is 4.57. The van der Waals surface area contributed by atoms with Gasteiger partial charge in [-0.2, -0.15) is 4.98 Å². The molecule has 0 bridgehead atoms. The van der Waals surface area contributed by atoms with Crippen LogP contribution in [0.4, 0.5) is 5.82 Å². The third-order valence-electron chi connectivity index (χ3n) is 3.01. The molecule has 7 heteroatoms. The van der Waals surface area contributed by atoms with E-state index < -0.39 is 11.5 Å². The summed E-state index contributed by atoms with van der Waals surface area (Å²) in [5, 5.41) is 9.10. The van der Waals surface area contributed by atoms with Crippen molar-refractivity contribution in [3.05, 3.63) is 12.4 Å². The summed E-state index contributed by atoms with van der Waals surface area (Å²) in [5.74, 6) is 0.0293. The SMILES string of the molecule is CC(C)Oc1cncc(N2CCC(N)(C(=O)O)C2)n1. The van der Waals surface area contributed by atoms with Gasteiger partial charge in [0.05, 0.1) is 18.5 Å². The van der Waals surface area contributed by atoms with Gasteiger partial charge < -0.3 is 20.5 Å². The number of aliphatic carboxylic acids is 1. The van der Waals surface area contributed by atoms with Crippen LogP contribution in [0.5, 0.6) is 5.88 Å². The molecule has 7 nitrogen and oxygen atoms in total. The number of carboxylic acids is 1. The molecule has 2 rings (SSSR count). The van der Waals surface area contributed by atoms with Crippen molar-refractivity contribution >= 4 is 11.8 Å². The normalized spacial score (nSPS) is 22.8. The van der Waals surface area contributed by atoms with E-state index in [9.17, 15) is 4.79 Å². The Kier molecular flexibility index (Phi) is 3.57. The topological polar surface area (TPSA) is 102 Å². The van der Waals surface area contributed by atoms with Crippen molar-refractivity contribution in [2.24, 2.45) is 5.73 Å². The lowest BCUT2D eigenvalue weighted by atomic mass is 10.0. The largest absolute Gasteiger partial charge is 0.480 e. The number of ether oxygens (including phenoxy) is 1. The summed E-state index contributed by atoms with van der Waals surface area (Å²) in [4.78, 5) is 21.3. The second-order valence-electron chi connectivity index (χ2n) is 5.01. The third kappa shape index (κ3) is 2.93. The highest BCUT2D eigenvalue weighted by atomic mass is 16.5. The van der Waals surface area contributed by atoms with Gasteiger partial charge in [0.15, 0.2) is 5.82 Å². The Bertz CT molecular complexity index is 480. The fourth-order valence-electron chi connectivity index (χ4n) is 1.99. The van der Waals surface area contributed by atoms with Crippen molar-refractivity contribution in [2.45, 2.75) is 31.9 Å². The van der Waals surface area contributed by atoms with Gasteiger partial charge in [-0.25, -0.2) is 0 Å². The van der Waals surface area contributed by atoms with Crippen LogP contribution in [-0.2, 0) is 4.79 Å². The number of aromatic nitrogens is 2. The first kappa shape index (κ1) is 13.5. The van der Waals surface area contributed by atoms with E-state index in [-0.39, 0.29) is 12.6 Å². The Balaban J connectivity index is 2.13. The van der Waals surface area contributed by atoms with Gasteiger partial charge in [0.1, 0.15) is 5.54 Å². The van der Waals surface area contributed by atoms with E-state index in [0.717, 1.165) is 0 Å². The van der Waals surface area contributed by atoms with Crippen LogP contribution in [-0.4, -0.2) is 45.8 Å². The first-order valence-corrected chi connectivity index (χ1v) is 6.17. The predicted molar refractivity (Wildman–Crippen MR) is 69.2 cm³/mol. The molecule has 1 saturated heterocycles. The summed E-state index contributed by atoms with van der Waals surface area (Å²) in [6, 6.07) is 0. The van der Waals surface area contributed by atoms with Gasteiger partial charge >= 0.3 is 5.97 Å². The minimum absolute atomic E-state index is 0.00995. The van der Waals surface area contributed by atoms with Crippen LogP contribution in [0.15, 0.2) is 12.4 Å². The monoisotopic (exact) mass is 266 g/mol. The van der Waals surface area contributed by atoms with Crippen molar-refractivity contribution in [3.8, 4) is 5.88 Å². The lowest BCUT2D eigenvalue weighted by Crippen LogP contribution is -2.50. The van der Waals surface area contributed by atoms with Crippen LogP contribution >= 0.6 is 0 Å². The van der Waals surface area contributed by atoms with Crippen molar-refractivity contribution in [1.29, 1.82) is 0 Å². The molecule has 0 amide bonds. The second kappa shape index (κ2) is 5.00. The van der Waals surface area contributed by atoms with Gasteiger partial charge in [0.25, 0.3) is 0 Å². The molecule has 2 heterocycles. The van der Waals surface area contributed by atoms with Gasteiger partial charge in [-0.1, -0.05) is 0 Å². The fourth-order valence-corrected chi connectivity index (χ4v) is 1.99. The standard InChI is InChI=1S/C12H18N4O3/c1-8(2)19-10-6-14-5-9(15-10)16-4-3-12(13,7-16)11(17)18/h5-6,8H,3-4,7,13H2,1-2H3,(H,17,18). The molecule has 1 aliphatic rings. The second-order valence-corrected chi connectivity index (χ2v) is 5.01. The van der Waals surface area contributed by atoms with Gasteiger partial charge in [0.2, 0.25) is 5.88 Å². The number of hydrogen-bond donors (Lipinski definition) is 2. The molecule has 1 unspecified atom stereocenters. The molecule has 104 valence electrons. The van der Waals surface area contributed by atoms with Gasteiger partial charge in [-0.15, -0.1) is 0 Å². The van der Waals surface area contributed by atoms with Crippen molar-refractivity contribution in [2.75, 3.05) is 18.0 Å². The first-order chi connectivity index (χ1) is 8.90. The molecule has 1 aliphatic heterocycles. The third-order valence-corrected chi connectivity index (χ3v) is 3.01. The Morgan fingerprint density at radius 1 is 1.58 bits per heavy atom. The number of hydrogen-bond acceptors (Lipinski definition) is 6. The zero-order chi connectivity index (χ0) is 14.0. The molecule has 0 aromatic carbocycles. The van der Waals surface area contributed by atoms with E-state index in [1.165, 1.54) is 6.20 Å².